The maximum atomic E-state index is 12.8. The van der Waals surface area contributed by atoms with Gasteiger partial charge < -0.3 is 4.74 Å². The third-order valence-corrected chi connectivity index (χ3v) is 4.44. The second kappa shape index (κ2) is 7.87. The molecule has 0 radical (unpaired) electrons. The van der Waals surface area contributed by atoms with Crippen molar-refractivity contribution in [2.75, 3.05) is 0 Å². The number of halogens is 3. The van der Waals surface area contributed by atoms with Crippen LogP contribution in [-0.4, -0.2) is 16.1 Å². The lowest BCUT2D eigenvalue weighted by Crippen LogP contribution is -2.18. The lowest BCUT2D eigenvalue weighted by Gasteiger charge is -2.10. The summed E-state index contributed by atoms with van der Waals surface area (Å²) in [6.07, 6.45) is 0.225. The molecule has 0 amide bonds. The summed E-state index contributed by atoms with van der Waals surface area (Å²) in [5, 5.41) is 5.29. The molecule has 4 rings (SSSR count). The molecule has 1 aromatic heterocycles. The highest BCUT2D eigenvalue weighted by atomic mass is 19.4. The zero-order valence-corrected chi connectivity index (χ0v) is 15.5. The van der Waals surface area contributed by atoms with Crippen molar-refractivity contribution in [3.63, 3.8) is 0 Å². The van der Waals surface area contributed by atoms with E-state index in [1.54, 1.807) is 36.7 Å². The first-order valence-corrected chi connectivity index (χ1v) is 9.00. The number of benzene rings is 3. The molecule has 30 heavy (non-hydrogen) atoms. The Morgan fingerprint density at radius 3 is 2.30 bits per heavy atom. The molecule has 150 valence electrons. The minimum atomic E-state index is -4.74. The fraction of sp³-hybridized carbons (Fsp3) is 0.0435. The molecule has 0 bridgehead atoms. The van der Waals surface area contributed by atoms with Crippen LogP contribution >= 0.6 is 0 Å². The molecule has 0 unspecified atom stereocenters. The summed E-state index contributed by atoms with van der Waals surface area (Å²) in [6.45, 7) is 0. The zero-order chi connectivity index (χ0) is 21.1. The van der Waals surface area contributed by atoms with Crippen LogP contribution < -0.4 is 10.3 Å². The van der Waals surface area contributed by atoms with Crippen LogP contribution in [0.15, 0.2) is 83.8 Å². The molecule has 0 saturated heterocycles. The van der Waals surface area contributed by atoms with Gasteiger partial charge in [0.25, 0.3) is 5.56 Å². The van der Waals surface area contributed by atoms with Gasteiger partial charge in [-0.25, -0.2) is 4.68 Å². The molecule has 0 atom stereocenters. The summed E-state index contributed by atoms with van der Waals surface area (Å²) in [5.74, 6) is -0.301. The average Bonchev–Trinajstić information content (AvgIpc) is 2.73. The number of alkyl halides is 3. The first kappa shape index (κ1) is 19.4. The lowest BCUT2D eigenvalue weighted by atomic mass is 10.0. The largest absolute Gasteiger partial charge is 0.573 e. The first-order chi connectivity index (χ1) is 14.4. The van der Waals surface area contributed by atoms with Crippen LogP contribution in [0, 0.1) is 0 Å². The smallest absolute Gasteiger partial charge is 0.406 e. The maximum Gasteiger partial charge on any atom is 0.573 e. The van der Waals surface area contributed by atoms with Gasteiger partial charge in [0, 0.05) is 11.6 Å². The van der Waals surface area contributed by atoms with E-state index in [0.29, 0.717) is 21.9 Å². The molecule has 7 heteroatoms. The molecule has 0 saturated carbocycles. The minimum Gasteiger partial charge on any atom is -0.406 e. The van der Waals surface area contributed by atoms with Crippen LogP contribution in [0.4, 0.5) is 13.2 Å². The highest BCUT2D eigenvalue weighted by Crippen LogP contribution is 2.27. The molecular formula is C23H15F3N2O2. The van der Waals surface area contributed by atoms with Gasteiger partial charge in [-0.2, -0.15) is 5.10 Å². The summed E-state index contributed by atoms with van der Waals surface area (Å²) in [7, 11) is 0. The van der Waals surface area contributed by atoms with Crippen LogP contribution in [0.3, 0.4) is 0 Å². The molecule has 3 aromatic carbocycles. The fourth-order valence-corrected chi connectivity index (χ4v) is 3.01. The molecule has 1 heterocycles. The predicted octanol–water partition coefficient (Wildman–Crippen LogP) is 5.59. The monoisotopic (exact) mass is 408 g/mol. The third kappa shape index (κ3) is 4.41. The van der Waals surface area contributed by atoms with Gasteiger partial charge in [0.15, 0.2) is 0 Å². The Labute approximate surface area is 169 Å². The van der Waals surface area contributed by atoms with Gasteiger partial charge in [0.1, 0.15) is 5.75 Å². The van der Waals surface area contributed by atoms with Crippen LogP contribution in [0.5, 0.6) is 5.75 Å². The topological polar surface area (TPSA) is 44.1 Å². The van der Waals surface area contributed by atoms with Gasteiger partial charge in [-0.05, 0) is 41.0 Å². The Bertz CT molecular complexity index is 1260. The molecule has 4 nitrogen and oxygen atoms in total. The second-order valence-electron chi connectivity index (χ2n) is 6.49. The predicted molar refractivity (Wildman–Crippen MR) is 110 cm³/mol. The van der Waals surface area contributed by atoms with E-state index in [9.17, 15) is 18.0 Å². The van der Waals surface area contributed by atoms with Crippen molar-refractivity contribution in [3.8, 4) is 16.9 Å². The van der Waals surface area contributed by atoms with E-state index in [2.05, 4.69) is 9.84 Å². The van der Waals surface area contributed by atoms with Crippen LogP contribution in [0.1, 0.15) is 5.56 Å². The van der Waals surface area contributed by atoms with E-state index in [0.717, 1.165) is 5.56 Å². The van der Waals surface area contributed by atoms with Crippen LogP contribution in [-0.2, 0) is 0 Å². The Hall–Kier alpha value is -3.87. The second-order valence-corrected chi connectivity index (χ2v) is 6.49. The van der Waals surface area contributed by atoms with Crippen molar-refractivity contribution in [1.29, 1.82) is 0 Å². The van der Waals surface area contributed by atoms with Crippen molar-refractivity contribution in [1.82, 2.24) is 9.78 Å². The fourth-order valence-electron chi connectivity index (χ4n) is 3.01. The SMILES string of the molecule is O=c1c2cc(-c3ccc(OC(F)(F)F)cc3)ccc2cnn1C=Cc1ccccc1. The zero-order valence-electron chi connectivity index (χ0n) is 15.5. The summed E-state index contributed by atoms with van der Waals surface area (Å²) in [4.78, 5) is 12.8. The Balaban J connectivity index is 1.67. The van der Waals surface area contributed by atoms with E-state index in [4.69, 9.17) is 0 Å². The Kier molecular flexibility index (Phi) is 5.10. The molecule has 0 aliphatic heterocycles. The molecule has 0 fully saturated rings. The highest BCUT2D eigenvalue weighted by molar-refractivity contribution is 5.86. The van der Waals surface area contributed by atoms with Crippen molar-refractivity contribution in [3.05, 3.63) is 94.9 Å². The van der Waals surface area contributed by atoms with Crippen molar-refractivity contribution in [2.45, 2.75) is 6.36 Å². The molecule has 0 N–H and O–H groups in total. The summed E-state index contributed by atoms with van der Waals surface area (Å²) < 4.78 is 42.1. The van der Waals surface area contributed by atoms with E-state index < -0.39 is 6.36 Å². The van der Waals surface area contributed by atoms with Gasteiger partial charge in [0.05, 0.1) is 11.6 Å². The standard InChI is InChI=1S/C23H15F3N2O2/c24-23(25,26)30-20-10-8-17(9-11-20)18-6-7-19-15-27-28(22(29)21(19)14-18)13-12-16-4-2-1-3-5-16/h1-15H. The number of nitrogens with zero attached hydrogens (tertiary/aromatic N) is 2. The average molecular weight is 408 g/mol. The summed E-state index contributed by atoms with van der Waals surface area (Å²) in [5.41, 5.74) is 2.00. The molecule has 4 aromatic rings. The third-order valence-electron chi connectivity index (χ3n) is 4.44. The van der Waals surface area contributed by atoms with E-state index in [1.165, 1.54) is 28.9 Å². The van der Waals surface area contributed by atoms with Crippen LogP contribution in [0.25, 0.3) is 34.2 Å². The normalized spacial score (nSPS) is 11.8. The minimum absolute atomic E-state index is 0.293. The number of ether oxygens (including phenoxy) is 1. The van der Waals surface area contributed by atoms with Crippen LogP contribution in [0.2, 0.25) is 0 Å². The number of rotatable bonds is 4. The van der Waals surface area contributed by atoms with E-state index in [1.807, 2.05) is 30.3 Å². The van der Waals surface area contributed by atoms with Gasteiger partial charge in [0.2, 0.25) is 0 Å². The maximum absolute atomic E-state index is 12.8. The molecule has 0 aliphatic rings. The van der Waals surface area contributed by atoms with Gasteiger partial charge in [-0.1, -0.05) is 54.6 Å². The molecule has 0 spiro atoms. The number of hydrogen-bond donors (Lipinski definition) is 0. The van der Waals surface area contributed by atoms with E-state index >= 15 is 0 Å². The van der Waals surface area contributed by atoms with E-state index in [-0.39, 0.29) is 11.3 Å². The van der Waals surface area contributed by atoms with Crippen molar-refractivity contribution < 1.29 is 17.9 Å². The van der Waals surface area contributed by atoms with Gasteiger partial charge in [-0.3, -0.25) is 4.79 Å². The first-order valence-electron chi connectivity index (χ1n) is 9.00. The van der Waals surface area contributed by atoms with Gasteiger partial charge in [-0.15, -0.1) is 13.2 Å². The lowest BCUT2D eigenvalue weighted by molar-refractivity contribution is -0.274. The van der Waals surface area contributed by atoms with Crippen molar-refractivity contribution >= 4 is 23.0 Å². The highest BCUT2D eigenvalue weighted by Gasteiger charge is 2.30. The molecule has 0 aliphatic carbocycles. The number of aromatic nitrogens is 2. The number of fused-ring (bicyclic) bond motifs is 1. The summed E-state index contributed by atoms with van der Waals surface area (Å²) in [6, 6.07) is 20.3. The van der Waals surface area contributed by atoms with Crippen molar-refractivity contribution in [2.24, 2.45) is 0 Å². The quantitative estimate of drug-likeness (QED) is 0.442. The van der Waals surface area contributed by atoms with Gasteiger partial charge >= 0.3 is 6.36 Å². The molecular weight excluding hydrogens is 393 g/mol. The summed E-state index contributed by atoms with van der Waals surface area (Å²) >= 11 is 0. The number of hydrogen-bond acceptors (Lipinski definition) is 3. The Morgan fingerprint density at radius 1 is 0.900 bits per heavy atom. The Morgan fingerprint density at radius 2 is 1.60 bits per heavy atom.